The Hall–Kier alpha value is -0.960. The van der Waals surface area contributed by atoms with E-state index < -0.39 is 47.3 Å². The molecule has 40 heavy (non-hydrogen) atoms. The van der Waals surface area contributed by atoms with E-state index in [2.05, 4.69) is 0 Å². The second-order valence-corrected chi connectivity index (χ2v) is 13.3. The van der Waals surface area contributed by atoms with Crippen LogP contribution in [0.5, 0.6) is 0 Å². The molecule has 2 heterocycles. The highest BCUT2D eigenvalue weighted by molar-refractivity contribution is 6.53. The zero-order valence-corrected chi connectivity index (χ0v) is 26.2. The maximum atomic E-state index is 13.3. The van der Waals surface area contributed by atoms with E-state index in [1.165, 1.54) is 0 Å². The molecule has 0 spiro atoms. The second-order valence-electron chi connectivity index (χ2n) is 10.3. The summed E-state index contributed by atoms with van der Waals surface area (Å²) >= 11 is 50.5. The molecule has 14 heteroatoms. The van der Waals surface area contributed by atoms with Crippen molar-refractivity contribution in [2.45, 2.75) is 25.7 Å². The van der Waals surface area contributed by atoms with Crippen LogP contribution in [0.3, 0.4) is 0 Å². The molecule has 4 atom stereocenters. The summed E-state index contributed by atoms with van der Waals surface area (Å²) in [4.78, 5) is 55.6. The van der Waals surface area contributed by atoms with E-state index in [1.54, 1.807) is 0 Å². The van der Waals surface area contributed by atoms with Crippen LogP contribution in [0.4, 0.5) is 0 Å². The van der Waals surface area contributed by atoms with Crippen molar-refractivity contribution in [3.8, 4) is 0 Å². The number of fused-ring (bicyclic) bond motifs is 4. The molecule has 2 aromatic carbocycles. The lowest BCUT2D eigenvalue weighted by molar-refractivity contribution is -0.145. The summed E-state index contributed by atoms with van der Waals surface area (Å²) in [5.74, 6) is -4.23. The molecule has 2 aromatic rings. The van der Waals surface area contributed by atoms with Crippen LogP contribution in [0.2, 0.25) is 40.2 Å². The number of rotatable bonds is 3. The lowest BCUT2D eigenvalue weighted by atomic mass is 9.77. The van der Waals surface area contributed by atoms with Gasteiger partial charge >= 0.3 is 0 Å². The normalized spacial score (nSPS) is 25.4. The van der Waals surface area contributed by atoms with Gasteiger partial charge in [-0.15, -0.1) is 0 Å². The molecular formula is C26H16Cl8N2O4. The predicted molar refractivity (Wildman–Crippen MR) is 155 cm³/mol. The molecular weight excluding hydrogens is 688 g/mol. The summed E-state index contributed by atoms with van der Waals surface area (Å²) in [6, 6.07) is 0. The van der Waals surface area contributed by atoms with Crippen molar-refractivity contribution in [3.05, 3.63) is 62.4 Å². The van der Waals surface area contributed by atoms with Crippen LogP contribution >= 0.6 is 92.8 Å². The van der Waals surface area contributed by atoms with Gasteiger partial charge in [-0.1, -0.05) is 92.8 Å². The Labute approximate surface area is 268 Å². The molecule has 2 saturated heterocycles. The first-order valence-electron chi connectivity index (χ1n) is 12.2. The number of nitrogens with zero attached hydrogens (tertiary/aromatic N) is 2. The Morgan fingerprint density at radius 1 is 0.400 bits per heavy atom. The average molecular weight is 704 g/mol. The van der Waals surface area contributed by atoms with Gasteiger partial charge in [0.05, 0.1) is 63.9 Å². The molecule has 0 N–H and O–H groups in total. The van der Waals surface area contributed by atoms with Crippen molar-refractivity contribution in [1.82, 2.24) is 9.80 Å². The summed E-state index contributed by atoms with van der Waals surface area (Å²) in [6.45, 7) is -0.264. The standard InChI is InChI=1S/C26H16Cl8N2O4/c27-15-7-3-11-12(4-8(7)16(28)20(32)19(15)31)24(38)35(23(11)37)1-2-36-25(39)13-5-9-10(6-14(13)26(36)40)18(30)22(34)21(33)17(9)29/h11-14H,1-6H2/t11-,12-,13-,14+/m0/s1. The zero-order chi connectivity index (χ0) is 28.9. The number of hydrogen-bond donors (Lipinski definition) is 0. The third-order valence-corrected chi connectivity index (χ3v) is 12.3. The van der Waals surface area contributed by atoms with Gasteiger partial charge in [0.1, 0.15) is 0 Å². The number of likely N-dealkylation sites (tertiary alicyclic amines) is 2. The topological polar surface area (TPSA) is 74.8 Å². The summed E-state index contributed by atoms with van der Waals surface area (Å²) in [5.41, 5.74) is 2.38. The van der Waals surface area contributed by atoms with Crippen molar-refractivity contribution in [1.29, 1.82) is 0 Å². The van der Waals surface area contributed by atoms with E-state index in [1.807, 2.05) is 0 Å². The molecule has 6 nitrogen and oxygen atoms in total. The first-order chi connectivity index (χ1) is 18.8. The first kappa shape index (κ1) is 29.1. The number of benzene rings is 2. The number of hydrogen-bond acceptors (Lipinski definition) is 4. The van der Waals surface area contributed by atoms with Gasteiger partial charge in [-0.2, -0.15) is 0 Å². The summed E-state index contributed by atoms with van der Waals surface area (Å²) < 4.78 is 0. The molecule has 2 aliphatic heterocycles. The molecule has 2 aliphatic carbocycles. The molecule has 0 saturated carbocycles. The number of amides is 4. The minimum absolute atomic E-state index is 0.0981. The minimum atomic E-state index is -0.661. The van der Waals surface area contributed by atoms with Gasteiger partial charge in [0.2, 0.25) is 23.6 Å². The van der Waals surface area contributed by atoms with Crippen LogP contribution < -0.4 is 0 Å². The molecule has 4 aliphatic rings. The second kappa shape index (κ2) is 10.3. The molecule has 0 aromatic heterocycles. The van der Waals surface area contributed by atoms with Gasteiger partial charge < -0.3 is 0 Å². The number of carbonyl (C=O) groups excluding carboxylic acids is 4. The van der Waals surface area contributed by atoms with Crippen molar-refractivity contribution >= 4 is 116 Å². The first-order valence-corrected chi connectivity index (χ1v) is 15.2. The van der Waals surface area contributed by atoms with Crippen LogP contribution in [0, 0.1) is 23.7 Å². The van der Waals surface area contributed by atoms with Gasteiger partial charge in [0.15, 0.2) is 0 Å². The summed E-state index contributed by atoms with van der Waals surface area (Å²) in [7, 11) is 0. The highest BCUT2D eigenvalue weighted by Gasteiger charge is 2.53. The van der Waals surface area contributed by atoms with Gasteiger partial charge in [-0.25, -0.2) is 0 Å². The Morgan fingerprint density at radius 2 is 0.600 bits per heavy atom. The lowest BCUT2D eigenvalue weighted by Gasteiger charge is -2.27. The number of imide groups is 2. The van der Waals surface area contributed by atoms with E-state index >= 15 is 0 Å². The molecule has 0 unspecified atom stereocenters. The molecule has 210 valence electrons. The average Bonchev–Trinajstić information content (AvgIpc) is 3.32. The fraction of sp³-hybridized carbons (Fsp3) is 0.385. The fourth-order valence-electron chi connectivity index (χ4n) is 6.44. The van der Waals surface area contributed by atoms with Crippen LogP contribution in [-0.2, 0) is 44.9 Å². The van der Waals surface area contributed by atoms with Gasteiger partial charge in [-0.05, 0) is 47.9 Å². The SMILES string of the molecule is O=C1[C@H]2Cc3c(Cl)c(Cl)c(Cl)c(Cl)c3C[C@@H]2C(=O)N1CCN1C(=O)[C@H]2Cc3c(Cl)c(Cl)c(Cl)c(Cl)c3C[C@H]2C1=O. The monoisotopic (exact) mass is 700 g/mol. The van der Waals surface area contributed by atoms with Crippen molar-refractivity contribution in [2.24, 2.45) is 23.7 Å². The Kier molecular flexibility index (Phi) is 7.53. The highest BCUT2D eigenvalue weighted by Crippen LogP contribution is 2.50. The molecule has 2 fully saturated rings. The van der Waals surface area contributed by atoms with Crippen LogP contribution in [-0.4, -0.2) is 46.5 Å². The highest BCUT2D eigenvalue weighted by atomic mass is 35.5. The van der Waals surface area contributed by atoms with Crippen LogP contribution in [0.25, 0.3) is 0 Å². The maximum absolute atomic E-state index is 13.3. The van der Waals surface area contributed by atoms with Gasteiger partial charge in [0.25, 0.3) is 0 Å². The Balaban J connectivity index is 1.21. The Bertz CT molecular complexity index is 1350. The van der Waals surface area contributed by atoms with E-state index in [9.17, 15) is 19.2 Å². The quantitative estimate of drug-likeness (QED) is 0.196. The van der Waals surface area contributed by atoms with E-state index in [0.29, 0.717) is 22.3 Å². The predicted octanol–water partition coefficient (Wildman–Crippen LogP) is 7.01. The van der Waals surface area contributed by atoms with Crippen molar-refractivity contribution in [3.63, 3.8) is 0 Å². The third kappa shape index (κ3) is 4.12. The smallest absolute Gasteiger partial charge is 0.233 e. The van der Waals surface area contributed by atoms with Crippen molar-refractivity contribution in [2.75, 3.05) is 13.1 Å². The van der Waals surface area contributed by atoms with Crippen molar-refractivity contribution < 1.29 is 19.2 Å². The van der Waals surface area contributed by atoms with Gasteiger partial charge in [-0.3, -0.25) is 29.0 Å². The molecule has 6 rings (SSSR count). The zero-order valence-electron chi connectivity index (χ0n) is 20.1. The van der Waals surface area contributed by atoms with E-state index in [-0.39, 0.29) is 79.0 Å². The van der Waals surface area contributed by atoms with Crippen LogP contribution in [0.1, 0.15) is 22.3 Å². The lowest BCUT2D eigenvalue weighted by Crippen LogP contribution is -2.41. The van der Waals surface area contributed by atoms with E-state index in [0.717, 1.165) is 9.80 Å². The summed E-state index contributed by atoms with van der Waals surface area (Å²) in [6.07, 6.45) is 0.695. The molecule has 4 amide bonds. The molecule has 0 bridgehead atoms. The van der Waals surface area contributed by atoms with E-state index in [4.69, 9.17) is 92.8 Å². The third-order valence-electron chi connectivity index (χ3n) is 8.49. The largest absolute Gasteiger partial charge is 0.280 e. The number of carbonyl (C=O) groups is 4. The van der Waals surface area contributed by atoms with Crippen LogP contribution in [0.15, 0.2) is 0 Å². The maximum Gasteiger partial charge on any atom is 0.233 e. The Morgan fingerprint density at radius 3 is 0.800 bits per heavy atom. The summed E-state index contributed by atoms with van der Waals surface area (Å²) in [5, 5.41) is 1.24. The fourth-order valence-corrected chi connectivity index (χ4v) is 8.61. The molecule has 0 radical (unpaired) electrons. The number of halogens is 8. The van der Waals surface area contributed by atoms with Gasteiger partial charge in [0, 0.05) is 13.1 Å². The minimum Gasteiger partial charge on any atom is -0.280 e.